The lowest BCUT2D eigenvalue weighted by Gasteiger charge is -2.40. The van der Waals surface area contributed by atoms with E-state index >= 15 is 0 Å². The van der Waals surface area contributed by atoms with Crippen molar-refractivity contribution in [2.45, 2.75) is 345 Å². The van der Waals surface area contributed by atoms with Crippen LogP contribution >= 0.6 is 0 Å². The first-order valence-electron chi connectivity index (χ1n) is 29.4. The fourth-order valence-corrected chi connectivity index (χ4v) is 9.86. The standard InChI is InChI=1S/C57H113NO10/c1-3-5-7-9-11-13-15-17-19-21-22-23-24-25-26-27-29-30-32-34-36-38-40-42-44-49(60)52(62)48(47-67-57-55(65)54(64)53(63)51(46-59)68-57)58-56(66)50(61)45-43-41-39-37-35-33-31-28-20-18-16-14-12-10-8-6-4-2/h48-55,57,59-65H,3-47H2,1-2H3,(H,58,66). The summed E-state index contributed by atoms with van der Waals surface area (Å²) in [5, 5.41) is 76.2. The molecule has 406 valence electrons. The summed E-state index contributed by atoms with van der Waals surface area (Å²) < 4.78 is 11.2. The van der Waals surface area contributed by atoms with Gasteiger partial charge in [0, 0.05) is 0 Å². The lowest BCUT2D eigenvalue weighted by molar-refractivity contribution is -0.303. The molecule has 0 spiro atoms. The Morgan fingerprint density at radius 2 is 0.765 bits per heavy atom. The number of rotatable bonds is 51. The van der Waals surface area contributed by atoms with E-state index in [4.69, 9.17) is 9.47 Å². The second kappa shape index (κ2) is 47.1. The highest BCUT2D eigenvalue weighted by atomic mass is 16.7. The maximum absolute atomic E-state index is 13.2. The van der Waals surface area contributed by atoms with Gasteiger partial charge < -0.3 is 50.5 Å². The van der Waals surface area contributed by atoms with Crippen molar-refractivity contribution in [1.82, 2.24) is 5.32 Å². The molecular weight excluding hydrogens is 859 g/mol. The topological polar surface area (TPSA) is 189 Å². The number of unbranched alkanes of at least 4 members (excludes halogenated alkanes) is 39. The van der Waals surface area contributed by atoms with Crippen LogP contribution in [-0.4, -0.2) is 110 Å². The van der Waals surface area contributed by atoms with Crippen molar-refractivity contribution in [3.8, 4) is 0 Å². The Bertz CT molecular complexity index is 1070. The van der Waals surface area contributed by atoms with Crippen LogP contribution in [0, 0.1) is 0 Å². The highest BCUT2D eigenvalue weighted by Gasteiger charge is 2.44. The van der Waals surface area contributed by atoms with E-state index in [-0.39, 0.29) is 6.42 Å². The molecule has 11 heteroatoms. The number of hydrogen-bond acceptors (Lipinski definition) is 10. The van der Waals surface area contributed by atoms with Crippen molar-refractivity contribution in [2.24, 2.45) is 0 Å². The van der Waals surface area contributed by atoms with Gasteiger partial charge in [-0.3, -0.25) is 4.79 Å². The Balaban J connectivity index is 2.28. The van der Waals surface area contributed by atoms with Crippen molar-refractivity contribution in [1.29, 1.82) is 0 Å². The third-order valence-electron chi connectivity index (χ3n) is 14.7. The highest BCUT2D eigenvalue weighted by molar-refractivity contribution is 5.80. The zero-order chi connectivity index (χ0) is 49.7. The largest absolute Gasteiger partial charge is 0.394 e. The van der Waals surface area contributed by atoms with Crippen molar-refractivity contribution < 1.29 is 50.0 Å². The molecule has 1 rings (SSSR count). The van der Waals surface area contributed by atoms with Gasteiger partial charge in [0.2, 0.25) is 5.91 Å². The van der Waals surface area contributed by atoms with Crippen molar-refractivity contribution in [3.63, 3.8) is 0 Å². The maximum Gasteiger partial charge on any atom is 0.249 e. The average Bonchev–Trinajstić information content (AvgIpc) is 3.34. The molecule has 1 saturated heterocycles. The fourth-order valence-electron chi connectivity index (χ4n) is 9.86. The normalized spacial score (nSPS) is 20.4. The molecule has 0 saturated carbocycles. The van der Waals surface area contributed by atoms with E-state index in [1.54, 1.807) is 0 Å². The summed E-state index contributed by atoms with van der Waals surface area (Å²) in [6.45, 7) is 3.50. The van der Waals surface area contributed by atoms with Crippen molar-refractivity contribution >= 4 is 5.91 Å². The molecule has 1 aliphatic heterocycles. The monoisotopic (exact) mass is 972 g/mol. The summed E-state index contributed by atoms with van der Waals surface area (Å²) in [6, 6.07) is -1.16. The second-order valence-electron chi connectivity index (χ2n) is 21.1. The number of carbonyl (C=O) groups excluding carboxylic acids is 1. The molecule has 0 radical (unpaired) electrons. The van der Waals surface area contributed by atoms with Gasteiger partial charge >= 0.3 is 0 Å². The summed E-state index contributed by atoms with van der Waals surface area (Å²) in [5.41, 5.74) is 0. The zero-order valence-corrected chi connectivity index (χ0v) is 44.4. The van der Waals surface area contributed by atoms with Crippen LogP contribution in [0.2, 0.25) is 0 Å². The van der Waals surface area contributed by atoms with Gasteiger partial charge in [0.05, 0.1) is 25.4 Å². The van der Waals surface area contributed by atoms with E-state index in [1.807, 2.05) is 0 Å². The molecule has 1 amide bonds. The summed E-state index contributed by atoms with van der Waals surface area (Å²) >= 11 is 0. The van der Waals surface area contributed by atoms with Crippen LogP contribution < -0.4 is 5.32 Å². The van der Waals surface area contributed by atoms with Gasteiger partial charge in [0.1, 0.15) is 36.6 Å². The molecule has 0 aromatic rings. The number of nitrogens with one attached hydrogen (secondary N) is 1. The molecular formula is C57H113NO10. The van der Waals surface area contributed by atoms with E-state index in [1.165, 1.54) is 212 Å². The minimum atomic E-state index is -1.66. The first-order valence-corrected chi connectivity index (χ1v) is 29.4. The van der Waals surface area contributed by atoms with Gasteiger partial charge in [0.25, 0.3) is 0 Å². The predicted octanol–water partition coefficient (Wildman–Crippen LogP) is 12.2. The highest BCUT2D eigenvalue weighted by Crippen LogP contribution is 2.24. The average molecular weight is 973 g/mol. The molecule has 1 heterocycles. The zero-order valence-electron chi connectivity index (χ0n) is 44.4. The number of hydrogen-bond donors (Lipinski definition) is 8. The van der Waals surface area contributed by atoms with Crippen molar-refractivity contribution in [3.05, 3.63) is 0 Å². The predicted molar refractivity (Wildman–Crippen MR) is 280 cm³/mol. The summed E-state index contributed by atoms with van der Waals surface area (Å²) in [6.07, 6.45) is 41.5. The molecule has 9 unspecified atom stereocenters. The van der Waals surface area contributed by atoms with E-state index in [9.17, 15) is 40.5 Å². The molecule has 0 aromatic heterocycles. The van der Waals surface area contributed by atoms with Crippen LogP contribution in [0.1, 0.15) is 290 Å². The molecule has 68 heavy (non-hydrogen) atoms. The van der Waals surface area contributed by atoms with Gasteiger partial charge in [-0.2, -0.15) is 0 Å². The minimum absolute atomic E-state index is 0.267. The van der Waals surface area contributed by atoms with E-state index in [0.717, 1.165) is 38.5 Å². The second-order valence-corrected chi connectivity index (χ2v) is 21.1. The van der Waals surface area contributed by atoms with Crippen LogP contribution in [0.25, 0.3) is 0 Å². The number of ether oxygens (including phenoxy) is 2. The Hall–Kier alpha value is -0.890. The molecule has 0 aliphatic carbocycles. The number of aliphatic hydroxyl groups is 7. The van der Waals surface area contributed by atoms with Crippen molar-refractivity contribution in [2.75, 3.05) is 13.2 Å². The minimum Gasteiger partial charge on any atom is -0.394 e. The van der Waals surface area contributed by atoms with E-state index < -0.39 is 74.2 Å². The Morgan fingerprint density at radius 1 is 0.456 bits per heavy atom. The smallest absolute Gasteiger partial charge is 0.249 e. The summed E-state index contributed by atoms with van der Waals surface area (Å²) in [7, 11) is 0. The molecule has 9 atom stereocenters. The Morgan fingerprint density at radius 3 is 1.09 bits per heavy atom. The van der Waals surface area contributed by atoms with Crippen LogP contribution in [-0.2, 0) is 14.3 Å². The summed E-state index contributed by atoms with van der Waals surface area (Å²) in [4.78, 5) is 13.2. The molecule has 1 aliphatic rings. The summed E-state index contributed by atoms with van der Waals surface area (Å²) in [5.74, 6) is -0.690. The third-order valence-corrected chi connectivity index (χ3v) is 14.7. The molecule has 8 N–H and O–H groups in total. The first kappa shape index (κ1) is 65.1. The van der Waals surface area contributed by atoms with Crippen LogP contribution in [0.4, 0.5) is 0 Å². The van der Waals surface area contributed by atoms with Gasteiger partial charge in [-0.15, -0.1) is 0 Å². The van der Waals surface area contributed by atoms with Gasteiger partial charge in [-0.25, -0.2) is 0 Å². The van der Waals surface area contributed by atoms with Crippen LogP contribution in [0.5, 0.6) is 0 Å². The number of aliphatic hydroxyl groups excluding tert-OH is 7. The quantitative estimate of drug-likeness (QED) is 0.0272. The Labute approximate surface area is 418 Å². The maximum atomic E-state index is 13.2. The van der Waals surface area contributed by atoms with Gasteiger partial charge in [-0.05, 0) is 12.8 Å². The Kier molecular flexibility index (Phi) is 45.1. The number of amides is 1. The molecule has 11 nitrogen and oxygen atoms in total. The number of carbonyl (C=O) groups is 1. The third kappa shape index (κ3) is 35.3. The lowest BCUT2D eigenvalue weighted by atomic mass is 9.98. The van der Waals surface area contributed by atoms with Crippen LogP contribution in [0.3, 0.4) is 0 Å². The van der Waals surface area contributed by atoms with E-state index in [0.29, 0.717) is 19.3 Å². The van der Waals surface area contributed by atoms with Crippen LogP contribution in [0.15, 0.2) is 0 Å². The first-order chi connectivity index (χ1) is 33.2. The van der Waals surface area contributed by atoms with E-state index in [2.05, 4.69) is 19.2 Å². The van der Waals surface area contributed by atoms with Gasteiger partial charge in [-0.1, -0.05) is 277 Å². The SMILES string of the molecule is CCCCCCCCCCCCCCCCCCCCCCCCCCC(O)C(O)C(COC1OC(CO)C(O)C(O)C1O)NC(=O)C(O)CCCCCCCCCCCCCCCCCCC. The molecule has 0 bridgehead atoms. The molecule has 1 fully saturated rings. The van der Waals surface area contributed by atoms with Gasteiger partial charge in [0.15, 0.2) is 6.29 Å². The fraction of sp³-hybridized carbons (Fsp3) is 0.982. The molecule has 0 aromatic carbocycles. The lowest BCUT2D eigenvalue weighted by Crippen LogP contribution is -2.60.